The van der Waals surface area contributed by atoms with Crippen molar-refractivity contribution in [3.05, 3.63) is 41.6 Å². The lowest BCUT2D eigenvalue weighted by Crippen LogP contribution is -2.06. The zero-order chi connectivity index (χ0) is 13.2. The summed E-state index contributed by atoms with van der Waals surface area (Å²) < 4.78 is 0. The summed E-state index contributed by atoms with van der Waals surface area (Å²) in [6.45, 7) is 4.11. The molecule has 4 heteroatoms. The van der Waals surface area contributed by atoms with Gasteiger partial charge in [-0.15, -0.1) is 0 Å². The van der Waals surface area contributed by atoms with E-state index in [4.69, 9.17) is 0 Å². The number of hydrogen-bond acceptors (Lipinski definition) is 4. The lowest BCUT2D eigenvalue weighted by Gasteiger charge is -2.07. The van der Waals surface area contributed by atoms with E-state index in [1.807, 2.05) is 13.0 Å². The Morgan fingerprint density at radius 3 is 2.53 bits per heavy atom. The van der Waals surface area contributed by atoms with Gasteiger partial charge in [-0.3, -0.25) is 0 Å². The van der Waals surface area contributed by atoms with Crippen molar-refractivity contribution < 1.29 is 0 Å². The number of hydrogen-bond donors (Lipinski definition) is 1. The molecule has 1 aromatic carbocycles. The van der Waals surface area contributed by atoms with Crippen molar-refractivity contribution in [2.45, 2.75) is 42.7 Å². The third-order valence-corrected chi connectivity index (χ3v) is 3.91. The first kappa shape index (κ1) is 12.5. The number of nitrogens with zero attached hydrogens (tertiary/aromatic N) is 2. The van der Waals surface area contributed by atoms with Gasteiger partial charge in [-0.05, 0) is 44.9 Å². The summed E-state index contributed by atoms with van der Waals surface area (Å²) >= 11 is 1.68. The van der Waals surface area contributed by atoms with Gasteiger partial charge in [-0.25, -0.2) is 9.97 Å². The summed E-state index contributed by atoms with van der Waals surface area (Å²) in [7, 11) is 0. The zero-order valence-electron chi connectivity index (χ0n) is 11.2. The highest BCUT2D eigenvalue weighted by Crippen LogP contribution is 2.28. The van der Waals surface area contributed by atoms with E-state index in [1.165, 1.54) is 23.3 Å². The summed E-state index contributed by atoms with van der Waals surface area (Å²) in [4.78, 5) is 10.2. The lowest BCUT2D eigenvalue weighted by molar-refractivity contribution is 0.970. The Morgan fingerprint density at radius 1 is 1.11 bits per heavy atom. The number of benzene rings is 1. The molecule has 1 heterocycles. The number of anilines is 1. The first-order valence-electron chi connectivity index (χ1n) is 6.56. The quantitative estimate of drug-likeness (QED) is 0.858. The van der Waals surface area contributed by atoms with Crippen LogP contribution in [0, 0.1) is 13.8 Å². The van der Waals surface area contributed by atoms with E-state index in [0.717, 1.165) is 16.7 Å². The first-order valence-corrected chi connectivity index (χ1v) is 7.37. The second-order valence-corrected chi connectivity index (χ2v) is 6.10. The maximum Gasteiger partial charge on any atom is 0.224 e. The van der Waals surface area contributed by atoms with Gasteiger partial charge in [0.1, 0.15) is 5.03 Å². The first-order chi connectivity index (χ1) is 9.19. The molecule has 19 heavy (non-hydrogen) atoms. The Hall–Kier alpha value is -1.55. The summed E-state index contributed by atoms with van der Waals surface area (Å²) in [5.74, 6) is 0.761. The molecule has 0 atom stereocenters. The van der Waals surface area contributed by atoms with Gasteiger partial charge in [-0.2, -0.15) is 0 Å². The molecule has 1 aliphatic carbocycles. The van der Waals surface area contributed by atoms with Crippen LogP contribution in [0.25, 0.3) is 0 Å². The maximum atomic E-state index is 4.57. The largest absolute Gasteiger partial charge is 0.351 e. The van der Waals surface area contributed by atoms with Gasteiger partial charge in [0.2, 0.25) is 5.95 Å². The Balaban J connectivity index is 1.79. The van der Waals surface area contributed by atoms with Crippen molar-refractivity contribution in [3.63, 3.8) is 0 Å². The van der Waals surface area contributed by atoms with Gasteiger partial charge in [0.25, 0.3) is 0 Å². The molecule has 1 fully saturated rings. The average Bonchev–Trinajstić information content (AvgIpc) is 3.15. The molecule has 0 bridgehead atoms. The number of aromatic nitrogens is 2. The van der Waals surface area contributed by atoms with Gasteiger partial charge in [0.15, 0.2) is 0 Å². The van der Waals surface area contributed by atoms with Gasteiger partial charge >= 0.3 is 0 Å². The van der Waals surface area contributed by atoms with E-state index in [1.54, 1.807) is 11.8 Å². The third kappa shape index (κ3) is 3.47. The Bertz CT molecular complexity index is 576. The van der Waals surface area contributed by atoms with Gasteiger partial charge < -0.3 is 5.32 Å². The van der Waals surface area contributed by atoms with E-state index in [0.29, 0.717) is 6.04 Å². The van der Waals surface area contributed by atoms with Crippen LogP contribution in [0.1, 0.15) is 24.1 Å². The normalized spacial score (nSPS) is 14.4. The molecule has 0 aliphatic heterocycles. The van der Waals surface area contributed by atoms with Crippen molar-refractivity contribution in [1.29, 1.82) is 0 Å². The van der Waals surface area contributed by atoms with E-state index in [9.17, 15) is 0 Å². The van der Waals surface area contributed by atoms with E-state index in [2.05, 4.69) is 46.5 Å². The second kappa shape index (κ2) is 5.21. The van der Waals surface area contributed by atoms with Crippen LogP contribution in [-0.2, 0) is 0 Å². The highest BCUT2D eigenvalue weighted by Gasteiger charge is 2.22. The molecule has 3 rings (SSSR count). The van der Waals surface area contributed by atoms with Crippen molar-refractivity contribution in [3.8, 4) is 0 Å². The van der Waals surface area contributed by atoms with Crippen LogP contribution in [0.2, 0.25) is 0 Å². The highest BCUT2D eigenvalue weighted by atomic mass is 32.2. The van der Waals surface area contributed by atoms with E-state index < -0.39 is 0 Å². The minimum Gasteiger partial charge on any atom is -0.351 e. The van der Waals surface area contributed by atoms with Crippen LogP contribution in [0.5, 0.6) is 0 Å². The molecule has 1 N–H and O–H groups in total. The molecule has 0 radical (unpaired) electrons. The molecule has 2 aromatic rings. The zero-order valence-corrected chi connectivity index (χ0v) is 12.0. The Kier molecular flexibility index (Phi) is 3.42. The van der Waals surface area contributed by atoms with Crippen LogP contribution in [0.3, 0.4) is 0 Å². The molecule has 0 saturated heterocycles. The minimum absolute atomic E-state index is 0.582. The summed E-state index contributed by atoms with van der Waals surface area (Å²) in [5.41, 5.74) is 2.28. The van der Waals surface area contributed by atoms with E-state index in [-0.39, 0.29) is 0 Å². The molecule has 98 valence electrons. The molecule has 1 aromatic heterocycles. The SMILES string of the molecule is Cc1ccc(Sc2cc(C)nc(NC3CC3)n2)cc1. The fourth-order valence-corrected chi connectivity index (χ4v) is 2.67. The Morgan fingerprint density at radius 2 is 1.84 bits per heavy atom. The molecule has 1 saturated carbocycles. The maximum absolute atomic E-state index is 4.57. The van der Waals surface area contributed by atoms with Gasteiger partial charge in [0, 0.05) is 16.6 Å². The molecular formula is C15H17N3S. The van der Waals surface area contributed by atoms with Crippen molar-refractivity contribution in [1.82, 2.24) is 9.97 Å². The van der Waals surface area contributed by atoms with Gasteiger partial charge in [-0.1, -0.05) is 29.5 Å². The van der Waals surface area contributed by atoms with Gasteiger partial charge in [0.05, 0.1) is 0 Å². The van der Waals surface area contributed by atoms with Crippen LogP contribution in [0.15, 0.2) is 40.3 Å². The smallest absolute Gasteiger partial charge is 0.224 e. The number of nitrogens with one attached hydrogen (secondary N) is 1. The van der Waals surface area contributed by atoms with Crippen molar-refractivity contribution >= 4 is 17.7 Å². The van der Waals surface area contributed by atoms with Crippen molar-refractivity contribution in [2.24, 2.45) is 0 Å². The third-order valence-electron chi connectivity index (χ3n) is 2.98. The van der Waals surface area contributed by atoms with Crippen LogP contribution < -0.4 is 5.32 Å². The van der Waals surface area contributed by atoms with Crippen LogP contribution >= 0.6 is 11.8 Å². The number of rotatable bonds is 4. The molecule has 1 aliphatic rings. The van der Waals surface area contributed by atoms with Crippen LogP contribution in [0.4, 0.5) is 5.95 Å². The topological polar surface area (TPSA) is 37.8 Å². The Labute approximate surface area is 117 Å². The fourth-order valence-electron chi connectivity index (χ4n) is 1.79. The standard InChI is InChI=1S/C15H17N3S/c1-10-3-7-13(8-4-10)19-14-9-11(2)16-15(18-14)17-12-5-6-12/h3-4,7-9,12H,5-6H2,1-2H3,(H,16,17,18). The van der Waals surface area contributed by atoms with Crippen LogP contribution in [-0.4, -0.2) is 16.0 Å². The molecular weight excluding hydrogens is 254 g/mol. The van der Waals surface area contributed by atoms with E-state index >= 15 is 0 Å². The molecule has 3 nitrogen and oxygen atoms in total. The lowest BCUT2D eigenvalue weighted by atomic mass is 10.2. The minimum atomic E-state index is 0.582. The number of aryl methyl sites for hydroxylation is 2. The fraction of sp³-hybridized carbons (Fsp3) is 0.333. The second-order valence-electron chi connectivity index (χ2n) is 5.00. The molecule has 0 spiro atoms. The predicted octanol–water partition coefficient (Wildman–Crippen LogP) is 3.82. The monoisotopic (exact) mass is 271 g/mol. The summed E-state index contributed by atoms with van der Waals surface area (Å²) in [5, 5.41) is 4.36. The predicted molar refractivity (Wildman–Crippen MR) is 78.7 cm³/mol. The summed E-state index contributed by atoms with van der Waals surface area (Å²) in [6, 6.07) is 11.1. The van der Waals surface area contributed by atoms with Crippen molar-refractivity contribution in [2.75, 3.05) is 5.32 Å². The highest BCUT2D eigenvalue weighted by molar-refractivity contribution is 7.99. The summed E-state index contributed by atoms with van der Waals surface area (Å²) in [6.07, 6.45) is 2.47. The average molecular weight is 271 g/mol. The molecule has 0 unspecified atom stereocenters. The molecule has 0 amide bonds.